The fourth-order valence-corrected chi connectivity index (χ4v) is 2.74. The molecule has 0 bridgehead atoms. The summed E-state index contributed by atoms with van der Waals surface area (Å²) in [5.41, 5.74) is 1.24. The van der Waals surface area contributed by atoms with Gasteiger partial charge in [-0.05, 0) is 29.2 Å². The van der Waals surface area contributed by atoms with Gasteiger partial charge in [-0.2, -0.15) is 0 Å². The maximum Gasteiger partial charge on any atom is 0.393 e. The van der Waals surface area contributed by atoms with E-state index in [0.717, 1.165) is 6.42 Å². The molecule has 0 spiro atoms. The normalized spacial score (nSPS) is 14.6. The van der Waals surface area contributed by atoms with Crippen molar-refractivity contribution in [3.05, 3.63) is 48.0 Å². The standard InChI is InChI=1S/C13H14BrO3P/c14-18(15,16)17-10-4-8-12-7-3-6-11-5-1-2-9-13(11)12/h1-3,5-7,9H,4,8,10H2,(H,15,16). The van der Waals surface area contributed by atoms with Crippen molar-refractivity contribution in [1.82, 2.24) is 0 Å². The summed E-state index contributed by atoms with van der Waals surface area (Å²) in [6.07, 6.45) is -1.98. The summed E-state index contributed by atoms with van der Waals surface area (Å²) in [6, 6.07) is 14.4. The fourth-order valence-electron chi connectivity index (χ4n) is 1.95. The number of hydrogen-bond acceptors (Lipinski definition) is 2. The van der Waals surface area contributed by atoms with E-state index in [0.29, 0.717) is 6.42 Å². The van der Waals surface area contributed by atoms with Crippen molar-refractivity contribution in [2.75, 3.05) is 6.61 Å². The average molecular weight is 329 g/mol. The van der Waals surface area contributed by atoms with Gasteiger partial charge in [-0.3, -0.25) is 0 Å². The molecule has 0 aliphatic carbocycles. The lowest BCUT2D eigenvalue weighted by Crippen LogP contribution is -1.94. The number of hydrogen-bond donors (Lipinski definition) is 1. The van der Waals surface area contributed by atoms with E-state index in [9.17, 15) is 4.57 Å². The molecule has 1 N–H and O–H groups in total. The van der Waals surface area contributed by atoms with Gasteiger partial charge in [-0.25, -0.2) is 4.57 Å². The van der Waals surface area contributed by atoms with Crippen molar-refractivity contribution in [1.29, 1.82) is 0 Å². The molecule has 18 heavy (non-hydrogen) atoms. The van der Waals surface area contributed by atoms with Crippen molar-refractivity contribution in [2.45, 2.75) is 12.8 Å². The smallest absolute Gasteiger partial charge is 0.316 e. The van der Waals surface area contributed by atoms with Crippen LogP contribution in [0.4, 0.5) is 0 Å². The van der Waals surface area contributed by atoms with E-state index in [1.807, 2.05) is 18.2 Å². The van der Waals surface area contributed by atoms with Crippen LogP contribution in [0.2, 0.25) is 0 Å². The summed E-state index contributed by atoms with van der Waals surface area (Å²) in [7, 11) is 0. The molecule has 2 aromatic carbocycles. The molecular formula is C13H14BrO3P. The average Bonchev–Trinajstić information content (AvgIpc) is 2.33. The highest BCUT2D eigenvalue weighted by atomic mass is 79.9. The number of rotatable bonds is 5. The third-order valence-electron chi connectivity index (χ3n) is 2.72. The summed E-state index contributed by atoms with van der Waals surface area (Å²) in [5.74, 6) is 0. The Morgan fingerprint density at radius 2 is 1.89 bits per heavy atom. The number of aryl methyl sites for hydroxylation is 1. The molecule has 0 aliphatic rings. The second-order valence-electron chi connectivity index (χ2n) is 4.03. The first-order chi connectivity index (χ1) is 8.56. The zero-order valence-corrected chi connectivity index (χ0v) is 12.2. The molecule has 0 saturated heterocycles. The maximum atomic E-state index is 10.9. The van der Waals surface area contributed by atoms with Gasteiger partial charge in [0.25, 0.3) is 0 Å². The Hall–Kier alpha value is -0.670. The summed E-state index contributed by atoms with van der Waals surface area (Å²) >= 11 is 2.59. The predicted molar refractivity (Wildman–Crippen MR) is 77.0 cm³/mol. The molecule has 3 nitrogen and oxygen atoms in total. The molecule has 0 aliphatic heterocycles. The molecule has 96 valence electrons. The zero-order valence-electron chi connectivity index (χ0n) is 9.75. The minimum atomic E-state index is -3.52. The SMILES string of the molecule is O=P(O)(Br)OCCCc1cccc2ccccc12. The van der Waals surface area contributed by atoms with Gasteiger partial charge in [0.2, 0.25) is 0 Å². The fraction of sp³-hybridized carbons (Fsp3) is 0.231. The van der Waals surface area contributed by atoms with Crippen molar-refractivity contribution < 1.29 is 14.0 Å². The Balaban J connectivity index is 2.02. The van der Waals surface area contributed by atoms with Gasteiger partial charge in [-0.1, -0.05) is 42.5 Å². The van der Waals surface area contributed by atoms with Gasteiger partial charge in [0.1, 0.15) is 0 Å². The quantitative estimate of drug-likeness (QED) is 0.658. The van der Waals surface area contributed by atoms with Crippen LogP contribution in [0.15, 0.2) is 42.5 Å². The van der Waals surface area contributed by atoms with Crippen LogP contribution in [0, 0.1) is 0 Å². The van der Waals surface area contributed by atoms with E-state index in [2.05, 4.69) is 39.8 Å². The van der Waals surface area contributed by atoms with E-state index in [1.54, 1.807) is 0 Å². The molecule has 2 rings (SSSR count). The summed E-state index contributed by atoms with van der Waals surface area (Å²) < 4.78 is 15.7. The minimum Gasteiger partial charge on any atom is -0.316 e. The molecule has 0 heterocycles. The van der Waals surface area contributed by atoms with Crippen molar-refractivity contribution >= 4 is 32.6 Å². The summed E-state index contributed by atoms with van der Waals surface area (Å²) in [4.78, 5) is 8.94. The monoisotopic (exact) mass is 328 g/mol. The van der Waals surface area contributed by atoms with E-state index in [-0.39, 0.29) is 6.61 Å². The van der Waals surface area contributed by atoms with Crippen LogP contribution in [0.25, 0.3) is 10.8 Å². The van der Waals surface area contributed by atoms with Crippen LogP contribution in [0.5, 0.6) is 0 Å². The van der Waals surface area contributed by atoms with Crippen LogP contribution in [-0.4, -0.2) is 11.5 Å². The molecule has 0 saturated carbocycles. The Kier molecular flexibility index (Phi) is 4.57. The topological polar surface area (TPSA) is 46.5 Å². The zero-order chi connectivity index (χ0) is 13.0. The highest BCUT2D eigenvalue weighted by Gasteiger charge is 2.12. The molecule has 2 aromatic rings. The summed E-state index contributed by atoms with van der Waals surface area (Å²) in [6.45, 7) is 0.266. The molecule has 1 atom stereocenters. The van der Waals surface area contributed by atoms with E-state index < -0.39 is 6.30 Å². The Labute approximate surface area is 114 Å². The first-order valence-corrected chi connectivity index (χ1v) is 9.29. The number of fused-ring (bicyclic) bond motifs is 1. The van der Waals surface area contributed by atoms with Crippen LogP contribution in [-0.2, 0) is 15.5 Å². The predicted octanol–water partition coefficient (Wildman–Crippen LogP) is 4.28. The first-order valence-electron chi connectivity index (χ1n) is 5.70. The van der Waals surface area contributed by atoms with Gasteiger partial charge in [0, 0.05) is 15.5 Å². The van der Waals surface area contributed by atoms with Crippen LogP contribution in [0.3, 0.4) is 0 Å². The Bertz CT molecular complexity index is 574. The molecule has 0 amide bonds. The van der Waals surface area contributed by atoms with Crippen LogP contribution >= 0.6 is 21.8 Å². The van der Waals surface area contributed by atoms with Crippen molar-refractivity contribution in [3.8, 4) is 0 Å². The van der Waals surface area contributed by atoms with Gasteiger partial charge < -0.3 is 9.42 Å². The van der Waals surface area contributed by atoms with Crippen LogP contribution in [0.1, 0.15) is 12.0 Å². The van der Waals surface area contributed by atoms with Gasteiger partial charge in [-0.15, -0.1) is 0 Å². The third kappa shape index (κ3) is 3.92. The minimum absolute atomic E-state index is 0.266. The molecule has 5 heteroatoms. The van der Waals surface area contributed by atoms with Crippen molar-refractivity contribution in [2.24, 2.45) is 0 Å². The molecule has 0 aromatic heterocycles. The highest BCUT2D eigenvalue weighted by Crippen LogP contribution is 2.50. The number of benzene rings is 2. The second kappa shape index (κ2) is 5.98. The lowest BCUT2D eigenvalue weighted by Gasteiger charge is -2.07. The van der Waals surface area contributed by atoms with Gasteiger partial charge in [0.05, 0.1) is 6.61 Å². The van der Waals surface area contributed by atoms with Gasteiger partial charge >= 0.3 is 6.30 Å². The molecule has 0 fully saturated rings. The first kappa shape index (κ1) is 13.8. The maximum absolute atomic E-state index is 10.9. The third-order valence-corrected chi connectivity index (χ3v) is 3.84. The lowest BCUT2D eigenvalue weighted by molar-refractivity contribution is 0.273. The van der Waals surface area contributed by atoms with E-state index in [4.69, 9.17) is 9.42 Å². The Morgan fingerprint density at radius 1 is 1.17 bits per heavy atom. The largest absolute Gasteiger partial charge is 0.393 e. The van der Waals surface area contributed by atoms with Gasteiger partial charge in [0.15, 0.2) is 0 Å². The molecular weight excluding hydrogens is 315 g/mol. The number of halogens is 1. The molecule has 0 radical (unpaired) electrons. The van der Waals surface area contributed by atoms with E-state index in [1.165, 1.54) is 16.3 Å². The highest BCUT2D eigenvalue weighted by molar-refractivity contribution is 9.39. The van der Waals surface area contributed by atoms with Crippen LogP contribution < -0.4 is 0 Å². The second-order valence-corrected chi connectivity index (χ2v) is 7.88. The summed E-state index contributed by atoms with van der Waals surface area (Å²) in [5, 5.41) is 2.44. The Morgan fingerprint density at radius 3 is 2.67 bits per heavy atom. The molecule has 1 unspecified atom stereocenters. The lowest BCUT2D eigenvalue weighted by atomic mass is 10.0. The van der Waals surface area contributed by atoms with Crippen molar-refractivity contribution in [3.63, 3.8) is 0 Å². The van der Waals surface area contributed by atoms with E-state index >= 15 is 0 Å².